The largest absolute Gasteiger partial charge is 0.494 e. The van der Waals surface area contributed by atoms with Crippen LogP contribution in [0, 0.1) is 5.82 Å². The van der Waals surface area contributed by atoms with Gasteiger partial charge in [-0.3, -0.25) is 0 Å². The van der Waals surface area contributed by atoms with E-state index in [2.05, 4.69) is 5.32 Å². The summed E-state index contributed by atoms with van der Waals surface area (Å²) < 4.78 is 18.9. The SMILES string of the molecule is CCOc1ccc(N)c(Nc2ccccc2F)c1. The molecular weight excluding hydrogens is 231 g/mol. The number of nitrogens with two attached hydrogens (primary N) is 1. The van der Waals surface area contributed by atoms with Crippen LogP contribution in [-0.2, 0) is 0 Å². The van der Waals surface area contributed by atoms with Gasteiger partial charge in [0.2, 0.25) is 0 Å². The van der Waals surface area contributed by atoms with Crippen LogP contribution >= 0.6 is 0 Å². The lowest BCUT2D eigenvalue weighted by Gasteiger charge is -2.12. The summed E-state index contributed by atoms with van der Waals surface area (Å²) in [6, 6.07) is 11.7. The third-order valence-electron chi connectivity index (χ3n) is 2.48. The molecule has 0 saturated heterocycles. The molecular formula is C14H15FN2O. The average Bonchev–Trinajstić information content (AvgIpc) is 2.36. The van der Waals surface area contributed by atoms with Gasteiger partial charge in [0.05, 0.1) is 23.7 Å². The van der Waals surface area contributed by atoms with Crippen LogP contribution in [-0.4, -0.2) is 6.61 Å². The van der Waals surface area contributed by atoms with Gasteiger partial charge in [-0.1, -0.05) is 12.1 Å². The Hall–Kier alpha value is -2.23. The molecule has 94 valence electrons. The molecule has 3 N–H and O–H groups in total. The van der Waals surface area contributed by atoms with Crippen LogP contribution in [0.25, 0.3) is 0 Å². The number of hydrogen-bond donors (Lipinski definition) is 2. The maximum absolute atomic E-state index is 13.5. The Morgan fingerprint density at radius 2 is 1.94 bits per heavy atom. The van der Waals surface area contributed by atoms with Crippen molar-refractivity contribution in [1.82, 2.24) is 0 Å². The molecule has 0 atom stereocenters. The highest BCUT2D eigenvalue weighted by Gasteiger charge is 2.05. The Morgan fingerprint density at radius 3 is 2.67 bits per heavy atom. The Balaban J connectivity index is 2.28. The smallest absolute Gasteiger partial charge is 0.146 e. The third kappa shape index (κ3) is 2.71. The van der Waals surface area contributed by atoms with Gasteiger partial charge in [-0.15, -0.1) is 0 Å². The summed E-state index contributed by atoms with van der Waals surface area (Å²) in [5, 5.41) is 2.96. The molecule has 0 unspecified atom stereocenters. The molecule has 0 radical (unpaired) electrons. The molecule has 0 bridgehead atoms. The molecule has 0 fully saturated rings. The highest BCUT2D eigenvalue weighted by Crippen LogP contribution is 2.28. The minimum Gasteiger partial charge on any atom is -0.494 e. The molecule has 3 nitrogen and oxygen atoms in total. The zero-order valence-electron chi connectivity index (χ0n) is 10.1. The molecule has 2 aromatic rings. The summed E-state index contributed by atoms with van der Waals surface area (Å²) in [7, 11) is 0. The lowest BCUT2D eigenvalue weighted by Crippen LogP contribution is -1.99. The molecule has 0 spiro atoms. The zero-order valence-corrected chi connectivity index (χ0v) is 10.1. The van der Waals surface area contributed by atoms with Crippen molar-refractivity contribution in [2.75, 3.05) is 17.7 Å². The molecule has 18 heavy (non-hydrogen) atoms. The van der Waals surface area contributed by atoms with Crippen LogP contribution < -0.4 is 15.8 Å². The average molecular weight is 246 g/mol. The number of nitrogens with one attached hydrogen (secondary N) is 1. The van der Waals surface area contributed by atoms with E-state index >= 15 is 0 Å². The molecule has 2 aromatic carbocycles. The number of rotatable bonds is 4. The van der Waals surface area contributed by atoms with Gasteiger partial charge in [-0.25, -0.2) is 4.39 Å². The van der Waals surface area contributed by atoms with Crippen molar-refractivity contribution in [1.29, 1.82) is 0 Å². The van der Waals surface area contributed by atoms with Crippen molar-refractivity contribution in [3.63, 3.8) is 0 Å². The van der Waals surface area contributed by atoms with Crippen molar-refractivity contribution >= 4 is 17.1 Å². The fourth-order valence-corrected chi connectivity index (χ4v) is 1.61. The predicted molar refractivity (Wildman–Crippen MR) is 71.7 cm³/mol. The molecule has 0 aromatic heterocycles. The van der Waals surface area contributed by atoms with Gasteiger partial charge >= 0.3 is 0 Å². The van der Waals surface area contributed by atoms with Gasteiger partial charge in [-0.05, 0) is 31.2 Å². The lowest BCUT2D eigenvalue weighted by molar-refractivity contribution is 0.340. The molecule has 4 heteroatoms. The second-order valence-electron chi connectivity index (χ2n) is 3.79. The first-order chi connectivity index (χ1) is 8.70. The Bertz CT molecular complexity index is 543. The van der Waals surface area contributed by atoms with Crippen LogP contribution in [0.5, 0.6) is 5.75 Å². The maximum atomic E-state index is 13.5. The Kier molecular flexibility index (Phi) is 3.67. The normalized spacial score (nSPS) is 10.1. The topological polar surface area (TPSA) is 47.3 Å². The zero-order chi connectivity index (χ0) is 13.0. The molecule has 0 heterocycles. The molecule has 0 aliphatic carbocycles. The van der Waals surface area contributed by atoms with Crippen molar-refractivity contribution in [2.24, 2.45) is 0 Å². The number of halogens is 1. The Morgan fingerprint density at radius 1 is 1.17 bits per heavy atom. The molecule has 2 rings (SSSR count). The standard InChI is InChI=1S/C14H15FN2O/c1-2-18-10-7-8-12(16)14(9-10)17-13-6-4-3-5-11(13)15/h3-9,17H,2,16H2,1H3. The van der Waals surface area contributed by atoms with Crippen LogP contribution in [0.15, 0.2) is 42.5 Å². The van der Waals surface area contributed by atoms with Gasteiger partial charge in [-0.2, -0.15) is 0 Å². The van der Waals surface area contributed by atoms with E-state index in [1.54, 1.807) is 36.4 Å². The second-order valence-corrected chi connectivity index (χ2v) is 3.79. The maximum Gasteiger partial charge on any atom is 0.146 e. The highest BCUT2D eigenvalue weighted by atomic mass is 19.1. The van der Waals surface area contributed by atoms with Crippen LogP contribution in [0.2, 0.25) is 0 Å². The van der Waals surface area contributed by atoms with Crippen molar-refractivity contribution in [3.05, 3.63) is 48.3 Å². The minimum absolute atomic E-state index is 0.321. The quantitative estimate of drug-likeness (QED) is 0.811. The summed E-state index contributed by atoms with van der Waals surface area (Å²) in [6.07, 6.45) is 0. The van der Waals surface area contributed by atoms with Gasteiger partial charge in [0.15, 0.2) is 0 Å². The van der Waals surface area contributed by atoms with E-state index in [1.165, 1.54) is 6.07 Å². The van der Waals surface area contributed by atoms with Crippen LogP contribution in [0.3, 0.4) is 0 Å². The number of nitrogen functional groups attached to an aromatic ring is 1. The van der Waals surface area contributed by atoms with E-state index in [0.717, 1.165) is 0 Å². The first kappa shape index (κ1) is 12.2. The molecule has 0 saturated carbocycles. The lowest BCUT2D eigenvalue weighted by atomic mass is 10.2. The number of para-hydroxylation sites is 1. The van der Waals surface area contributed by atoms with Gasteiger partial charge in [0.1, 0.15) is 11.6 Å². The summed E-state index contributed by atoms with van der Waals surface area (Å²) in [5.41, 5.74) is 7.40. The van der Waals surface area contributed by atoms with Crippen molar-refractivity contribution < 1.29 is 9.13 Å². The van der Waals surface area contributed by atoms with E-state index in [4.69, 9.17) is 10.5 Å². The number of hydrogen-bond acceptors (Lipinski definition) is 3. The number of ether oxygens (including phenoxy) is 1. The van der Waals surface area contributed by atoms with Crippen molar-refractivity contribution in [3.8, 4) is 5.75 Å². The van der Waals surface area contributed by atoms with E-state index in [1.807, 2.05) is 6.92 Å². The van der Waals surface area contributed by atoms with Gasteiger partial charge < -0.3 is 15.8 Å². The van der Waals surface area contributed by atoms with Crippen LogP contribution in [0.4, 0.5) is 21.5 Å². The fraction of sp³-hybridized carbons (Fsp3) is 0.143. The summed E-state index contributed by atoms with van der Waals surface area (Å²) in [6.45, 7) is 2.48. The Labute approximate surface area is 105 Å². The monoisotopic (exact) mass is 246 g/mol. The highest BCUT2D eigenvalue weighted by molar-refractivity contribution is 5.74. The third-order valence-corrected chi connectivity index (χ3v) is 2.48. The fourth-order valence-electron chi connectivity index (χ4n) is 1.61. The van der Waals surface area contributed by atoms with Gasteiger partial charge in [0, 0.05) is 6.07 Å². The van der Waals surface area contributed by atoms with E-state index in [0.29, 0.717) is 29.4 Å². The summed E-state index contributed by atoms with van der Waals surface area (Å²) in [5.74, 6) is 0.379. The van der Waals surface area contributed by atoms with E-state index in [-0.39, 0.29) is 5.82 Å². The summed E-state index contributed by atoms with van der Waals surface area (Å²) in [4.78, 5) is 0. The first-order valence-electron chi connectivity index (χ1n) is 5.74. The number of benzene rings is 2. The molecule has 0 amide bonds. The first-order valence-corrected chi connectivity index (χ1v) is 5.74. The van der Waals surface area contributed by atoms with E-state index in [9.17, 15) is 4.39 Å². The minimum atomic E-state index is -0.321. The molecule has 0 aliphatic heterocycles. The molecule has 0 aliphatic rings. The van der Waals surface area contributed by atoms with E-state index < -0.39 is 0 Å². The second kappa shape index (κ2) is 5.40. The van der Waals surface area contributed by atoms with Crippen molar-refractivity contribution in [2.45, 2.75) is 6.92 Å². The predicted octanol–water partition coefficient (Wildman–Crippen LogP) is 3.55. The van der Waals surface area contributed by atoms with Gasteiger partial charge in [0.25, 0.3) is 0 Å². The summed E-state index contributed by atoms with van der Waals surface area (Å²) >= 11 is 0. The van der Waals surface area contributed by atoms with Crippen LogP contribution in [0.1, 0.15) is 6.92 Å². The number of anilines is 3.